The fourth-order valence-electron chi connectivity index (χ4n) is 3.63. The number of rotatable bonds is 6. The predicted octanol–water partition coefficient (Wildman–Crippen LogP) is 1.25. The minimum absolute atomic E-state index is 0.0195. The number of fused-ring (bicyclic) bond motifs is 1. The number of hydrogen-bond donors (Lipinski definition) is 5. The number of carboxylic acids is 1. The maximum absolute atomic E-state index is 13.7. The lowest BCUT2D eigenvalue weighted by molar-refractivity contribution is -0.155. The standard InChI is InChI=1S/C18H15ClFN7O5S2/c19-13-10(25-18(22)34-13)11(26-32)15(28)24-9-7-1-2-8(12(17(30)31)27(7)16(9)29)33-5-3-6(20)14(21)23-4-5/h3-4,7,9,32H,1-2H2,(H2,21,23)(H2,22,25)(H,24,28)(H,30,31)/b26-11-. The van der Waals surface area contributed by atoms with E-state index >= 15 is 0 Å². The SMILES string of the molecule is Nc1nc(/C(=N/O)C(=O)NC2C(=O)N3C(C(=O)O)=C(Sc4cnc(N)c(F)c4)CCC23)c(Cl)s1. The molecular weight excluding hydrogens is 513 g/mol. The van der Waals surface area contributed by atoms with Crippen LogP contribution in [-0.2, 0) is 14.4 Å². The Labute approximate surface area is 203 Å². The van der Waals surface area contributed by atoms with Gasteiger partial charge in [0.2, 0.25) is 0 Å². The van der Waals surface area contributed by atoms with Gasteiger partial charge < -0.3 is 27.1 Å². The van der Waals surface area contributed by atoms with Gasteiger partial charge in [0.15, 0.2) is 22.5 Å². The minimum atomic E-state index is -1.35. The van der Waals surface area contributed by atoms with Gasteiger partial charge >= 0.3 is 5.97 Å². The summed E-state index contributed by atoms with van der Waals surface area (Å²) >= 11 is 7.80. The Balaban J connectivity index is 1.54. The first-order valence-electron chi connectivity index (χ1n) is 9.45. The summed E-state index contributed by atoms with van der Waals surface area (Å²) in [5.41, 5.74) is 9.97. The Morgan fingerprint density at radius 3 is 2.74 bits per heavy atom. The number of pyridine rings is 1. The number of thioether (sulfide) groups is 1. The molecule has 1 fully saturated rings. The molecule has 2 aromatic rings. The Morgan fingerprint density at radius 1 is 1.41 bits per heavy atom. The number of anilines is 2. The highest BCUT2D eigenvalue weighted by atomic mass is 35.5. The van der Waals surface area contributed by atoms with Crippen LogP contribution in [0.4, 0.5) is 15.3 Å². The van der Waals surface area contributed by atoms with Gasteiger partial charge in [-0.1, -0.05) is 39.9 Å². The number of carboxylic acid groups (broad SMARTS) is 1. The van der Waals surface area contributed by atoms with Crippen LogP contribution in [-0.4, -0.2) is 60.8 Å². The first kappa shape index (κ1) is 23.7. The lowest BCUT2D eigenvalue weighted by Crippen LogP contribution is -2.72. The van der Waals surface area contributed by atoms with E-state index < -0.39 is 41.4 Å². The number of carbonyl (C=O) groups excluding carboxylic acids is 2. The van der Waals surface area contributed by atoms with E-state index in [1.54, 1.807) is 0 Å². The molecule has 2 amide bonds. The number of nitrogens with two attached hydrogens (primary N) is 2. The molecule has 0 aromatic carbocycles. The molecule has 16 heteroatoms. The van der Waals surface area contributed by atoms with Crippen LogP contribution in [0.3, 0.4) is 0 Å². The molecule has 0 aliphatic carbocycles. The van der Waals surface area contributed by atoms with Crippen LogP contribution >= 0.6 is 34.7 Å². The zero-order valence-electron chi connectivity index (χ0n) is 16.9. The number of aliphatic carboxylic acids is 1. The van der Waals surface area contributed by atoms with E-state index in [0.717, 1.165) is 34.1 Å². The highest BCUT2D eigenvalue weighted by molar-refractivity contribution is 8.03. The van der Waals surface area contributed by atoms with Gasteiger partial charge in [0, 0.05) is 16.0 Å². The van der Waals surface area contributed by atoms with Crippen LogP contribution in [0.5, 0.6) is 0 Å². The van der Waals surface area contributed by atoms with Gasteiger partial charge in [-0.15, -0.1) is 0 Å². The number of oxime groups is 1. The van der Waals surface area contributed by atoms with E-state index in [2.05, 4.69) is 20.4 Å². The number of carbonyl (C=O) groups is 3. The van der Waals surface area contributed by atoms with Crippen LogP contribution in [0, 0.1) is 5.82 Å². The molecule has 2 aliphatic heterocycles. The summed E-state index contributed by atoms with van der Waals surface area (Å²) in [6.07, 6.45) is 1.86. The molecule has 4 rings (SSSR count). The highest BCUT2D eigenvalue weighted by Crippen LogP contribution is 2.43. The molecule has 2 aromatic heterocycles. The van der Waals surface area contributed by atoms with Crippen molar-refractivity contribution in [2.45, 2.75) is 29.8 Å². The molecule has 2 unspecified atom stereocenters. The maximum atomic E-state index is 13.7. The van der Waals surface area contributed by atoms with Gasteiger partial charge in [-0.3, -0.25) is 14.5 Å². The third-order valence-electron chi connectivity index (χ3n) is 5.11. The lowest BCUT2D eigenvalue weighted by Gasteiger charge is -2.50. The summed E-state index contributed by atoms with van der Waals surface area (Å²) in [4.78, 5) is 46.7. The summed E-state index contributed by atoms with van der Waals surface area (Å²) in [5, 5.41) is 24.4. The minimum Gasteiger partial charge on any atom is -0.477 e. The number of amides is 2. The first-order valence-corrected chi connectivity index (χ1v) is 11.5. The van der Waals surface area contributed by atoms with Crippen LogP contribution in [0.2, 0.25) is 4.34 Å². The van der Waals surface area contributed by atoms with Gasteiger partial charge in [0.25, 0.3) is 11.8 Å². The molecular formula is C18H15ClFN7O5S2. The number of nitrogen functional groups attached to an aromatic ring is 2. The second kappa shape index (κ2) is 9.08. The normalized spacial score (nSPS) is 20.1. The van der Waals surface area contributed by atoms with Crippen molar-refractivity contribution in [2.24, 2.45) is 5.16 Å². The average molecular weight is 528 g/mol. The fourth-order valence-corrected chi connectivity index (χ4v) is 5.61. The van der Waals surface area contributed by atoms with Gasteiger partial charge in [-0.25, -0.2) is 19.2 Å². The quantitative estimate of drug-likeness (QED) is 0.158. The molecule has 0 saturated carbocycles. The molecule has 2 aliphatic rings. The van der Waals surface area contributed by atoms with Crippen LogP contribution in [0.25, 0.3) is 0 Å². The first-order chi connectivity index (χ1) is 16.1. The molecule has 0 spiro atoms. The number of thiazole rings is 1. The van der Waals surface area contributed by atoms with Gasteiger partial charge in [0.05, 0.1) is 6.04 Å². The zero-order chi connectivity index (χ0) is 24.7. The van der Waals surface area contributed by atoms with Crippen molar-refractivity contribution in [1.29, 1.82) is 0 Å². The van der Waals surface area contributed by atoms with Crippen molar-refractivity contribution < 1.29 is 29.1 Å². The van der Waals surface area contributed by atoms with Crippen molar-refractivity contribution in [3.63, 3.8) is 0 Å². The van der Waals surface area contributed by atoms with E-state index in [0.29, 0.717) is 16.2 Å². The second-order valence-corrected chi connectivity index (χ2v) is 9.91. The maximum Gasteiger partial charge on any atom is 0.353 e. The highest BCUT2D eigenvalue weighted by Gasteiger charge is 2.54. The van der Waals surface area contributed by atoms with Gasteiger partial charge in [0.1, 0.15) is 21.8 Å². The number of aromatic nitrogens is 2. The summed E-state index contributed by atoms with van der Waals surface area (Å²) in [6.45, 7) is 0. The molecule has 34 heavy (non-hydrogen) atoms. The lowest BCUT2D eigenvalue weighted by atomic mass is 9.86. The van der Waals surface area contributed by atoms with Crippen LogP contribution < -0.4 is 16.8 Å². The number of halogens is 2. The van der Waals surface area contributed by atoms with Crippen molar-refractivity contribution >= 4 is 69.1 Å². The van der Waals surface area contributed by atoms with E-state index in [1.165, 1.54) is 6.20 Å². The van der Waals surface area contributed by atoms with Crippen LogP contribution in [0.1, 0.15) is 18.5 Å². The Morgan fingerprint density at radius 2 is 2.15 bits per heavy atom. The molecule has 2 atom stereocenters. The van der Waals surface area contributed by atoms with Crippen molar-refractivity contribution in [2.75, 3.05) is 11.5 Å². The smallest absolute Gasteiger partial charge is 0.353 e. The van der Waals surface area contributed by atoms with Gasteiger partial charge in [-0.05, 0) is 18.9 Å². The summed E-state index contributed by atoms with van der Waals surface area (Å²) in [7, 11) is 0. The Kier molecular flexibility index (Phi) is 6.33. The van der Waals surface area contributed by atoms with E-state index in [9.17, 15) is 29.1 Å². The van der Waals surface area contributed by atoms with Crippen molar-refractivity contribution in [3.8, 4) is 0 Å². The third-order valence-corrected chi connectivity index (χ3v) is 7.29. The summed E-state index contributed by atoms with van der Waals surface area (Å²) in [5.74, 6) is -3.99. The molecule has 0 bridgehead atoms. The molecule has 178 valence electrons. The Bertz CT molecular complexity index is 1280. The monoisotopic (exact) mass is 527 g/mol. The molecule has 1 saturated heterocycles. The molecule has 0 radical (unpaired) electrons. The number of allylic oxidation sites excluding steroid dienone is 1. The largest absolute Gasteiger partial charge is 0.477 e. The summed E-state index contributed by atoms with van der Waals surface area (Å²) in [6, 6.07) is -0.585. The van der Waals surface area contributed by atoms with Crippen LogP contribution in [0.15, 0.2) is 32.9 Å². The third kappa shape index (κ3) is 4.12. The number of nitrogens with zero attached hydrogens (tertiary/aromatic N) is 4. The second-order valence-electron chi connectivity index (χ2n) is 7.11. The zero-order valence-corrected chi connectivity index (χ0v) is 19.2. The molecule has 12 nitrogen and oxygen atoms in total. The van der Waals surface area contributed by atoms with E-state index in [1.807, 2.05) is 0 Å². The summed E-state index contributed by atoms with van der Waals surface area (Å²) < 4.78 is 13.8. The topological polar surface area (TPSA) is 197 Å². The average Bonchev–Trinajstić information content (AvgIpc) is 3.12. The Hall–Kier alpha value is -3.43. The van der Waals surface area contributed by atoms with Crippen molar-refractivity contribution in [1.82, 2.24) is 20.2 Å². The molecule has 4 heterocycles. The van der Waals surface area contributed by atoms with Crippen molar-refractivity contribution in [3.05, 3.63) is 38.7 Å². The van der Waals surface area contributed by atoms with E-state index in [4.69, 9.17) is 23.1 Å². The number of hydrogen-bond acceptors (Lipinski definition) is 11. The fraction of sp³-hybridized carbons (Fsp3) is 0.222. The number of nitrogens with one attached hydrogen (secondary N) is 1. The van der Waals surface area contributed by atoms with Gasteiger partial charge in [-0.2, -0.15) is 0 Å². The predicted molar refractivity (Wildman–Crippen MR) is 121 cm³/mol. The van der Waals surface area contributed by atoms with E-state index in [-0.39, 0.29) is 33.1 Å². The number of β-lactam (4-membered cyclic amide) rings is 1. The molecule has 7 N–H and O–H groups in total.